The maximum atomic E-state index is 13.0. The van der Waals surface area contributed by atoms with Crippen LogP contribution in [0, 0.1) is 11.7 Å². The highest BCUT2D eigenvalue weighted by molar-refractivity contribution is 5.85. The molecule has 3 atom stereocenters. The van der Waals surface area contributed by atoms with Crippen LogP contribution in [0.4, 0.5) is 4.39 Å². The summed E-state index contributed by atoms with van der Waals surface area (Å²) in [4.78, 5) is 29.1. The first kappa shape index (κ1) is 16.5. The molecule has 0 bridgehead atoms. The van der Waals surface area contributed by atoms with Gasteiger partial charge in [0.1, 0.15) is 5.82 Å². The minimum absolute atomic E-state index is 0.0280. The summed E-state index contributed by atoms with van der Waals surface area (Å²) in [7, 11) is 0. The third-order valence-electron chi connectivity index (χ3n) is 5.85. The lowest BCUT2D eigenvalue weighted by Gasteiger charge is -2.34. The van der Waals surface area contributed by atoms with E-state index in [2.05, 4.69) is 13.8 Å². The van der Waals surface area contributed by atoms with Gasteiger partial charge in [-0.1, -0.05) is 26.0 Å². The standard InChI is InChI=1S/C19H23FN2O3/c1-12(2)15-11-25-19-7-8-21(16(19)10-18(24)22(15)19)17(23)9-13-3-5-14(20)6-4-13/h3-6,12,15-16H,7-11H2,1-2H3/t15-,16+,19-/m0/s1. The van der Waals surface area contributed by atoms with Crippen molar-refractivity contribution < 1.29 is 18.7 Å². The first-order chi connectivity index (χ1) is 11.9. The number of nitrogens with zero attached hydrogens (tertiary/aromatic N) is 2. The van der Waals surface area contributed by atoms with Crippen LogP contribution in [0.1, 0.15) is 32.3 Å². The Labute approximate surface area is 146 Å². The number of likely N-dealkylation sites (tertiary alicyclic amines) is 1. The molecule has 3 heterocycles. The molecule has 0 radical (unpaired) electrons. The number of amides is 2. The van der Waals surface area contributed by atoms with E-state index in [1.165, 1.54) is 12.1 Å². The van der Waals surface area contributed by atoms with Crippen LogP contribution in [-0.4, -0.2) is 52.6 Å². The normalized spacial score (nSPS) is 31.0. The van der Waals surface area contributed by atoms with E-state index in [1.807, 2.05) is 4.90 Å². The highest BCUT2D eigenvalue weighted by Crippen LogP contribution is 2.48. The molecule has 0 aliphatic carbocycles. The fourth-order valence-corrected chi connectivity index (χ4v) is 4.55. The number of carbonyl (C=O) groups is 2. The Hall–Kier alpha value is -1.95. The van der Waals surface area contributed by atoms with Crippen LogP contribution < -0.4 is 0 Å². The second-order valence-corrected chi connectivity index (χ2v) is 7.59. The largest absolute Gasteiger partial charge is 0.351 e. The van der Waals surface area contributed by atoms with Gasteiger partial charge in [0.15, 0.2) is 5.72 Å². The van der Waals surface area contributed by atoms with Crippen LogP contribution in [0.3, 0.4) is 0 Å². The molecule has 0 N–H and O–H groups in total. The van der Waals surface area contributed by atoms with Crippen LogP contribution in [0.5, 0.6) is 0 Å². The van der Waals surface area contributed by atoms with Gasteiger partial charge < -0.3 is 14.5 Å². The highest BCUT2D eigenvalue weighted by Gasteiger charge is 2.65. The Bertz CT molecular complexity index is 705. The number of halogens is 1. The fourth-order valence-electron chi connectivity index (χ4n) is 4.55. The van der Waals surface area contributed by atoms with Crippen molar-refractivity contribution in [3.63, 3.8) is 0 Å². The number of ether oxygens (including phenoxy) is 1. The fraction of sp³-hybridized carbons (Fsp3) is 0.579. The summed E-state index contributed by atoms with van der Waals surface area (Å²) in [5.41, 5.74) is 0.144. The van der Waals surface area contributed by atoms with Gasteiger partial charge in [-0.2, -0.15) is 0 Å². The van der Waals surface area contributed by atoms with E-state index in [9.17, 15) is 14.0 Å². The molecule has 0 aromatic heterocycles. The first-order valence-electron chi connectivity index (χ1n) is 8.92. The zero-order valence-electron chi connectivity index (χ0n) is 14.6. The van der Waals surface area contributed by atoms with Gasteiger partial charge in [-0.15, -0.1) is 0 Å². The summed E-state index contributed by atoms with van der Waals surface area (Å²) in [6, 6.07) is 5.86. The van der Waals surface area contributed by atoms with Gasteiger partial charge in [0.05, 0.1) is 31.5 Å². The predicted molar refractivity (Wildman–Crippen MR) is 89.0 cm³/mol. The molecule has 3 aliphatic heterocycles. The molecule has 1 spiro atoms. The SMILES string of the molecule is CC(C)[C@@H]1CO[C@@]23CCN(C(=O)Cc4ccc(F)cc4)[C@@H]2CC(=O)N13. The molecule has 3 aliphatic rings. The Morgan fingerprint density at radius 3 is 2.76 bits per heavy atom. The Morgan fingerprint density at radius 1 is 1.36 bits per heavy atom. The molecule has 6 heteroatoms. The average Bonchev–Trinajstić information content (AvgIpc) is 3.19. The topological polar surface area (TPSA) is 49.9 Å². The molecule has 1 aromatic rings. The summed E-state index contributed by atoms with van der Waals surface area (Å²) in [5.74, 6) is 0.0682. The van der Waals surface area contributed by atoms with Crippen LogP contribution in [0.2, 0.25) is 0 Å². The van der Waals surface area contributed by atoms with Crippen molar-refractivity contribution in [2.24, 2.45) is 5.92 Å². The molecule has 0 unspecified atom stereocenters. The van der Waals surface area contributed by atoms with Crippen molar-refractivity contribution in [1.82, 2.24) is 9.80 Å². The summed E-state index contributed by atoms with van der Waals surface area (Å²) < 4.78 is 19.2. The second kappa shape index (κ2) is 5.80. The molecule has 1 aromatic carbocycles. The Kier molecular flexibility index (Phi) is 3.83. The predicted octanol–water partition coefficient (Wildman–Crippen LogP) is 1.95. The highest BCUT2D eigenvalue weighted by atomic mass is 19.1. The smallest absolute Gasteiger partial charge is 0.227 e. The van der Waals surface area contributed by atoms with Gasteiger partial charge in [-0.25, -0.2) is 4.39 Å². The number of benzene rings is 1. The zero-order chi connectivity index (χ0) is 17.8. The van der Waals surface area contributed by atoms with E-state index in [-0.39, 0.29) is 36.1 Å². The minimum Gasteiger partial charge on any atom is -0.351 e. The van der Waals surface area contributed by atoms with E-state index in [4.69, 9.17) is 4.74 Å². The van der Waals surface area contributed by atoms with Gasteiger partial charge in [0.25, 0.3) is 0 Å². The Morgan fingerprint density at radius 2 is 2.08 bits per heavy atom. The third-order valence-corrected chi connectivity index (χ3v) is 5.85. The van der Waals surface area contributed by atoms with Gasteiger partial charge in [-0.3, -0.25) is 9.59 Å². The molecule has 25 heavy (non-hydrogen) atoms. The van der Waals surface area contributed by atoms with Crippen molar-refractivity contribution in [1.29, 1.82) is 0 Å². The van der Waals surface area contributed by atoms with Gasteiger partial charge >= 0.3 is 0 Å². The Balaban J connectivity index is 1.54. The quantitative estimate of drug-likeness (QED) is 0.841. The molecule has 3 saturated heterocycles. The third kappa shape index (κ3) is 2.46. The monoisotopic (exact) mass is 346 g/mol. The molecule has 134 valence electrons. The van der Waals surface area contributed by atoms with Crippen molar-refractivity contribution in [2.75, 3.05) is 13.2 Å². The molecule has 2 amide bonds. The van der Waals surface area contributed by atoms with Crippen LogP contribution in [-0.2, 0) is 20.7 Å². The van der Waals surface area contributed by atoms with Gasteiger partial charge in [0, 0.05) is 13.0 Å². The maximum absolute atomic E-state index is 13.0. The molecule has 3 fully saturated rings. The summed E-state index contributed by atoms with van der Waals surface area (Å²) >= 11 is 0. The van der Waals surface area contributed by atoms with E-state index in [0.717, 1.165) is 5.56 Å². The van der Waals surface area contributed by atoms with Crippen molar-refractivity contribution in [3.05, 3.63) is 35.6 Å². The lowest BCUT2D eigenvalue weighted by Crippen LogP contribution is -2.51. The van der Waals surface area contributed by atoms with Gasteiger partial charge in [-0.05, 0) is 23.6 Å². The number of carbonyl (C=O) groups excluding carboxylic acids is 2. The maximum Gasteiger partial charge on any atom is 0.227 e. The number of rotatable bonds is 3. The van der Waals surface area contributed by atoms with E-state index in [0.29, 0.717) is 31.9 Å². The molecular weight excluding hydrogens is 323 g/mol. The molecule has 4 rings (SSSR count). The van der Waals surface area contributed by atoms with Crippen LogP contribution in [0.15, 0.2) is 24.3 Å². The number of hydrogen-bond donors (Lipinski definition) is 0. The minimum atomic E-state index is -0.634. The lowest BCUT2D eigenvalue weighted by molar-refractivity contribution is -0.141. The lowest BCUT2D eigenvalue weighted by atomic mass is 10.0. The van der Waals surface area contributed by atoms with E-state index < -0.39 is 5.72 Å². The van der Waals surface area contributed by atoms with Crippen molar-refractivity contribution in [2.45, 2.75) is 50.9 Å². The average molecular weight is 346 g/mol. The molecule has 0 saturated carbocycles. The first-order valence-corrected chi connectivity index (χ1v) is 8.92. The molecule has 5 nitrogen and oxygen atoms in total. The number of hydrogen-bond acceptors (Lipinski definition) is 3. The molecular formula is C19H23FN2O3. The van der Waals surface area contributed by atoms with Crippen LogP contribution >= 0.6 is 0 Å². The summed E-state index contributed by atoms with van der Waals surface area (Å²) in [5, 5.41) is 0. The summed E-state index contributed by atoms with van der Waals surface area (Å²) in [6.45, 7) is 5.33. The van der Waals surface area contributed by atoms with E-state index in [1.54, 1.807) is 17.0 Å². The zero-order valence-corrected chi connectivity index (χ0v) is 14.6. The van der Waals surface area contributed by atoms with Crippen molar-refractivity contribution >= 4 is 11.8 Å². The van der Waals surface area contributed by atoms with Gasteiger partial charge in [0.2, 0.25) is 11.8 Å². The second-order valence-electron chi connectivity index (χ2n) is 7.59. The van der Waals surface area contributed by atoms with Crippen LogP contribution in [0.25, 0.3) is 0 Å². The van der Waals surface area contributed by atoms with Crippen molar-refractivity contribution in [3.8, 4) is 0 Å². The van der Waals surface area contributed by atoms with E-state index >= 15 is 0 Å². The summed E-state index contributed by atoms with van der Waals surface area (Å²) in [6.07, 6.45) is 1.22.